The van der Waals surface area contributed by atoms with Crippen molar-refractivity contribution in [3.05, 3.63) is 76.8 Å². The van der Waals surface area contributed by atoms with E-state index in [1.165, 1.54) is 0 Å². The standard InChI is InChI=1S/C20H14Cl2N2.ClH/c21-15-7-14(8-16(22)11-15)12-5-6-18(23)17(9-12)20-10-13-3-1-2-4-19(13)24-20;/h1-11,24H,23H2;1H. The maximum absolute atomic E-state index is 6.21. The third-order valence-electron chi connectivity index (χ3n) is 4.07. The maximum Gasteiger partial charge on any atom is 0.0485 e. The molecule has 0 saturated carbocycles. The number of hydrogen-bond acceptors (Lipinski definition) is 1. The molecule has 0 saturated heterocycles. The normalized spacial score (nSPS) is 10.6. The van der Waals surface area contributed by atoms with Gasteiger partial charge in [-0.05, 0) is 53.6 Å². The van der Waals surface area contributed by atoms with Crippen molar-refractivity contribution in [2.24, 2.45) is 0 Å². The molecule has 1 aromatic heterocycles. The molecule has 4 rings (SSSR count). The van der Waals surface area contributed by atoms with Crippen molar-refractivity contribution in [2.75, 3.05) is 5.73 Å². The van der Waals surface area contributed by atoms with Gasteiger partial charge in [-0.1, -0.05) is 47.5 Å². The molecule has 25 heavy (non-hydrogen) atoms. The van der Waals surface area contributed by atoms with E-state index in [1.807, 2.05) is 36.4 Å². The van der Waals surface area contributed by atoms with Crippen LogP contribution in [0.3, 0.4) is 0 Å². The quantitative estimate of drug-likeness (QED) is 0.363. The zero-order chi connectivity index (χ0) is 16.7. The number of rotatable bonds is 2. The molecular weight excluding hydrogens is 375 g/mol. The van der Waals surface area contributed by atoms with Crippen molar-refractivity contribution in [3.63, 3.8) is 0 Å². The topological polar surface area (TPSA) is 41.8 Å². The Kier molecular flexibility index (Phi) is 4.96. The highest BCUT2D eigenvalue weighted by Gasteiger charge is 2.09. The molecule has 4 aromatic rings. The second-order valence-electron chi connectivity index (χ2n) is 5.73. The number of hydrogen-bond donors (Lipinski definition) is 2. The van der Waals surface area contributed by atoms with Gasteiger partial charge in [0.2, 0.25) is 0 Å². The number of benzene rings is 3. The Morgan fingerprint density at radius 1 is 0.760 bits per heavy atom. The van der Waals surface area contributed by atoms with E-state index < -0.39 is 0 Å². The molecule has 5 heteroatoms. The molecule has 0 aliphatic rings. The van der Waals surface area contributed by atoms with Crippen molar-refractivity contribution in [1.82, 2.24) is 4.98 Å². The summed E-state index contributed by atoms with van der Waals surface area (Å²) in [7, 11) is 0. The van der Waals surface area contributed by atoms with Crippen molar-refractivity contribution >= 4 is 52.2 Å². The molecule has 0 amide bonds. The van der Waals surface area contributed by atoms with E-state index in [1.54, 1.807) is 6.07 Å². The first-order valence-corrected chi connectivity index (χ1v) is 8.30. The number of H-pyrrole nitrogens is 1. The molecule has 126 valence electrons. The summed E-state index contributed by atoms with van der Waals surface area (Å²) in [6.45, 7) is 0. The van der Waals surface area contributed by atoms with Crippen molar-refractivity contribution < 1.29 is 0 Å². The van der Waals surface area contributed by atoms with Crippen molar-refractivity contribution in [3.8, 4) is 22.4 Å². The number of aromatic amines is 1. The zero-order valence-corrected chi connectivity index (χ0v) is 15.4. The summed E-state index contributed by atoms with van der Waals surface area (Å²) in [5, 5.41) is 2.38. The number of para-hydroxylation sites is 1. The average molecular weight is 390 g/mol. The molecule has 0 aliphatic heterocycles. The van der Waals surface area contributed by atoms with Crippen LogP contribution in [-0.2, 0) is 0 Å². The van der Waals surface area contributed by atoms with Gasteiger partial charge in [-0.2, -0.15) is 0 Å². The Balaban J connectivity index is 0.00000182. The number of halogens is 3. The van der Waals surface area contributed by atoms with Gasteiger partial charge >= 0.3 is 0 Å². The van der Waals surface area contributed by atoms with Crippen LogP contribution < -0.4 is 5.73 Å². The summed E-state index contributed by atoms with van der Waals surface area (Å²) in [4.78, 5) is 3.42. The Bertz CT molecular complexity index is 1000. The van der Waals surface area contributed by atoms with Gasteiger partial charge in [-0.25, -0.2) is 0 Å². The van der Waals surface area contributed by atoms with Crippen LogP contribution >= 0.6 is 35.6 Å². The summed E-state index contributed by atoms with van der Waals surface area (Å²) >= 11 is 12.3. The van der Waals surface area contributed by atoms with Gasteiger partial charge in [-0.3, -0.25) is 0 Å². The van der Waals surface area contributed by atoms with Gasteiger partial charge < -0.3 is 10.7 Å². The predicted octanol–water partition coefficient (Wildman–Crippen LogP) is 6.81. The molecular formula is C20H15Cl3N2. The second kappa shape index (κ2) is 7.01. The average Bonchev–Trinajstić information content (AvgIpc) is 2.98. The predicted molar refractivity (Wildman–Crippen MR) is 111 cm³/mol. The van der Waals surface area contributed by atoms with Crippen LogP contribution in [-0.4, -0.2) is 4.98 Å². The van der Waals surface area contributed by atoms with Gasteiger partial charge in [0.15, 0.2) is 0 Å². The highest BCUT2D eigenvalue weighted by atomic mass is 35.5. The van der Waals surface area contributed by atoms with E-state index in [0.29, 0.717) is 10.0 Å². The molecule has 0 spiro atoms. The van der Waals surface area contributed by atoms with E-state index >= 15 is 0 Å². The summed E-state index contributed by atoms with van der Waals surface area (Å²) in [5.41, 5.74) is 11.9. The van der Waals surface area contributed by atoms with Crippen LogP contribution in [0, 0.1) is 0 Å². The Labute approximate surface area is 162 Å². The number of nitrogen functional groups attached to an aromatic ring is 1. The lowest BCUT2D eigenvalue weighted by molar-refractivity contribution is 1.45. The molecule has 0 bridgehead atoms. The zero-order valence-electron chi connectivity index (χ0n) is 13.1. The van der Waals surface area contributed by atoms with Crippen molar-refractivity contribution in [1.29, 1.82) is 0 Å². The number of nitrogens with two attached hydrogens (primary N) is 1. The first kappa shape index (κ1) is 17.7. The SMILES string of the molecule is Cl.Nc1ccc(-c2cc(Cl)cc(Cl)c2)cc1-c1cc2ccccc2[nH]1. The van der Waals surface area contributed by atoms with Crippen LogP contribution in [0.5, 0.6) is 0 Å². The van der Waals surface area contributed by atoms with Gasteiger partial charge in [-0.15, -0.1) is 12.4 Å². The second-order valence-corrected chi connectivity index (χ2v) is 6.60. The van der Waals surface area contributed by atoms with Crippen LogP contribution in [0.15, 0.2) is 66.7 Å². The fraction of sp³-hybridized carbons (Fsp3) is 0. The van der Waals surface area contributed by atoms with E-state index in [9.17, 15) is 0 Å². The third-order valence-corrected chi connectivity index (χ3v) is 4.51. The monoisotopic (exact) mass is 388 g/mol. The minimum atomic E-state index is 0. The number of anilines is 1. The van der Waals surface area contributed by atoms with Crippen LogP contribution in [0.1, 0.15) is 0 Å². The smallest absolute Gasteiger partial charge is 0.0485 e. The van der Waals surface area contributed by atoms with E-state index in [0.717, 1.165) is 39.0 Å². The number of fused-ring (bicyclic) bond motifs is 1. The minimum Gasteiger partial charge on any atom is -0.398 e. The largest absolute Gasteiger partial charge is 0.398 e. The number of aromatic nitrogens is 1. The lowest BCUT2D eigenvalue weighted by Gasteiger charge is -2.09. The molecule has 0 unspecified atom stereocenters. The molecule has 2 nitrogen and oxygen atoms in total. The fourth-order valence-corrected chi connectivity index (χ4v) is 3.43. The minimum absolute atomic E-state index is 0. The fourth-order valence-electron chi connectivity index (χ4n) is 2.91. The van der Waals surface area contributed by atoms with Gasteiger partial charge in [0.05, 0.1) is 0 Å². The first-order valence-electron chi connectivity index (χ1n) is 7.54. The molecule has 1 heterocycles. The Morgan fingerprint density at radius 3 is 2.20 bits per heavy atom. The third kappa shape index (κ3) is 3.47. The Morgan fingerprint density at radius 2 is 1.48 bits per heavy atom. The van der Waals surface area contributed by atoms with Crippen molar-refractivity contribution in [2.45, 2.75) is 0 Å². The summed E-state index contributed by atoms with van der Waals surface area (Å²) in [5.74, 6) is 0. The summed E-state index contributed by atoms with van der Waals surface area (Å²) in [6, 6.07) is 21.7. The summed E-state index contributed by atoms with van der Waals surface area (Å²) < 4.78 is 0. The van der Waals surface area contributed by atoms with Crippen LogP contribution in [0.4, 0.5) is 5.69 Å². The van der Waals surface area contributed by atoms with E-state index in [4.69, 9.17) is 28.9 Å². The lowest BCUT2D eigenvalue weighted by Crippen LogP contribution is -1.91. The summed E-state index contributed by atoms with van der Waals surface area (Å²) in [6.07, 6.45) is 0. The van der Waals surface area contributed by atoms with E-state index in [2.05, 4.69) is 29.2 Å². The number of nitrogens with one attached hydrogen (secondary N) is 1. The van der Waals surface area contributed by atoms with Crippen LogP contribution in [0.2, 0.25) is 10.0 Å². The van der Waals surface area contributed by atoms with Gasteiger partial charge in [0.25, 0.3) is 0 Å². The molecule has 0 atom stereocenters. The van der Waals surface area contributed by atoms with Gasteiger partial charge in [0, 0.05) is 37.9 Å². The van der Waals surface area contributed by atoms with Crippen LogP contribution in [0.25, 0.3) is 33.3 Å². The Hall–Kier alpha value is -2.13. The molecule has 0 fully saturated rings. The highest BCUT2D eigenvalue weighted by molar-refractivity contribution is 6.35. The van der Waals surface area contributed by atoms with Gasteiger partial charge in [0.1, 0.15) is 0 Å². The molecule has 0 radical (unpaired) electrons. The molecule has 0 aliphatic carbocycles. The van der Waals surface area contributed by atoms with E-state index in [-0.39, 0.29) is 12.4 Å². The molecule has 3 aromatic carbocycles. The molecule has 3 N–H and O–H groups in total. The highest BCUT2D eigenvalue weighted by Crippen LogP contribution is 2.34. The lowest BCUT2D eigenvalue weighted by atomic mass is 10.0. The first-order chi connectivity index (χ1) is 11.6. The maximum atomic E-state index is 6.21.